The van der Waals surface area contributed by atoms with E-state index in [0.717, 1.165) is 0 Å². The molecule has 2 amide bonds. The number of carboxylic acids is 2. The van der Waals surface area contributed by atoms with Crippen molar-refractivity contribution in [3.63, 3.8) is 0 Å². The van der Waals surface area contributed by atoms with Gasteiger partial charge in [0.1, 0.15) is 12.1 Å². The Labute approximate surface area is 109 Å². The molecule has 0 fully saturated rings. The molecule has 0 spiro atoms. The molecule has 0 aromatic heterocycles. The molecule has 19 heavy (non-hydrogen) atoms. The van der Waals surface area contributed by atoms with Crippen molar-refractivity contribution in [3.05, 3.63) is 0 Å². The van der Waals surface area contributed by atoms with Crippen LogP contribution in [0.1, 0.15) is 20.3 Å². The lowest BCUT2D eigenvalue weighted by molar-refractivity contribution is -0.142. The highest BCUT2D eigenvalue weighted by Crippen LogP contribution is 1.92. The monoisotopic (exact) mass is 275 g/mol. The highest BCUT2D eigenvalue weighted by atomic mass is 16.4. The van der Waals surface area contributed by atoms with E-state index in [2.05, 4.69) is 10.6 Å². The molecule has 3 atom stereocenters. The summed E-state index contributed by atoms with van der Waals surface area (Å²) in [5.74, 6) is -3.95. The summed E-state index contributed by atoms with van der Waals surface area (Å²) in [7, 11) is 0. The Morgan fingerprint density at radius 3 is 1.89 bits per heavy atom. The number of aliphatic carboxylic acids is 2. The topological polar surface area (TPSA) is 159 Å². The predicted octanol–water partition coefficient (Wildman–Crippen LogP) is -2.12. The second-order valence-corrected chi connectivity index (χ2v) is 4.00. The number of hydrogen-bond donors (Lipinski definition) is 5. The van der Waals surface area contributed by atoms with E-state index >= 15 is 0 Å². The van der Waals surface area contributed by atoms with Gasteiger partial charge in [0.15, 0.2) is 0 Å². The van der Waals surface area contributed by atoms with E-state index in [9.17, 15) is 19.2 Å². The minimum absolute atomic E-state index is 0.564. The largest absolute Gasteiger partial charge is 0.481 e. The molecule has 6 N–H and O–H groups in total. The van der Waals surface area contributed by atoms with Gasteiger partial charge in [-0.1, -0.05) is 0 Å². The minimum Gasteiger partial charge on any atom is -0.481 e. The van der Waals surface area contributed by atoms with E-state index in [4.69, 9.17) is 15.9 Å². The van der Waals surface area contributed by atoms with Gasteiger partial charge in [-0.3, -0.25) is 19.2 Å². The Morgan fingerprint density at radius 2 is 1.47 bits per heavy atom. The lowest BCUT2D eigenvalue weighted by Gasteiger charge is -2.17. The first kappa shape index (κ1) is 16.8. The summed E-state index contributed by atoms with van der Waals surface area (Å²) >= 11 is 0. The molecule has 0 aromatic rings. The van der Waals surface area contributed by atoms with Gasteiger partial charge >= 0.3 is 11.9 Å². The van der Waals surface area contributed by atoms with Crippen molar-refractivity contribution in [1.29, 1.82) is 0 Å². The van der Waals surface area contributed by atoms with Crippen LogP contribution in [-0.4, -0.2) is 52.1 Å². The summed E-state index contributed by atoms with van der Waals surface area (Å²) in [4.78, 5) is 43.8. The van der Waals surface area contributed by atoms with Crippen LogP contribution in [0, 0.1) is 0 Å². The Bertz CT molecular complexity index is 383. The van der Waals surface area contributed by atoms with Crippen LogP contribution in [0.5, 0.6) is 0 Å². The molecule has 0 aromatic carbocycles. The van der Waals surface area contributed by atoms with Crippen molar-refractivity contribution < 1.29 is 29.4 Å². The van der Waals surface area contributed by atoms with E-state index in [1.165, 1.54) is 13.8 Å². The van der Waals surface area contributed by atoms with Crippen LogP contribution in [0.3, 0.4) is 0 Å². The number of nitrogens with two attached hydrogens (primary N) is 1. The van der Waals surface area contributed by atoms with E-state index in [-0.39, 0.29) is 0 Å². The smallest absolute Gasteiger partial charge is 0.325 e. The number of carbonyl (C=O) groups is 4. The summed E-state index contributed by atoms with van der Waals surface area (Å²) in [6, 6.07) is -3.39. The lowest BCUT2D eigenvalue weighted by atomic mass is 10.2. The molecule has 0 aliphatic rings. The van der Waals surface area contributed by atoms with Gasteiger partial charge in [-0.05, 0) is 13.8 Å². The molecular weight excluding hydrogens is 258 g/mol. The molecule has 9 heteroatoms. The number of carboxylic acid groups (broad SMARTS) is 2. The average molecular weight is 275 g/mol. The second-order valence-electron chi connectivity index (χ2n) is 4.00. The maximum Gasteiger partial charge on any atom is 0.325 e. The molecule has 0 saturated carbocycles. The van der Waals surface area contributed by atoms with Gasteiger partial charge < -0.3 is 26.6 Å². The zero-order chi connectivity index (χ0) is 15.2. The van der Waals surface area contributed by atoms with E-state index in [1.54, 1.807) is 0 Å². The second kappa shape index (κ2) is 7.31. The predicted molar refractivity (Wildman–Crippen MR) is 63.1 cm³/mol. The van der Waals surface area contributed by atoms with E-state index in [0.29, 0.717) is 0 Å². The molecule has 0 bridgehead atoms. The number of hydrogen-bond acceptors (Lipinski definition) is 5. The summed E-state index contributed by atoms with van der Waals surface area (Å²) < 4.78 is 0. The van der Waals surface area contributed by atoms with Crippen LogP contribution >= 0.6 is 0 Å². The third-order valence-electron chi connectivity index (χ3n) is 2.21. The molecule has 0 saturated heterocycles. The Balaban J connectivity index is 4.32. The third kappa shape index (κ3) is 6.36. The number of amides is 2. The quantitative estimate of drug-likeness (QED) is 0.355. The van der Waals surface area contributed by atoms with Crippen molar-refractivity contribution in [2.75, 3.05) is 0 Å². The normalized spacial score (nSPS) is 14.9. The first-order valence-corrected chi connectivity index (χ1v) is 5.46. The maximum absolute atomic E-state index is 11.5. The van der Waals surface area contributed by atoms with Crippen molar-refractivity contribution in [2.45, 2.75) is 38.4 Å². The molecule has 0 unspecified atom stereocenters. The standard InChI is InChI=1S/C10H17N3O6/c1-4(8(16)13-5(2)10(18)19)12-9(17)6(11)3-7(14)15/h4-6H,3,11H2,1-2H3,(H,12,17)(H,13,16)(H,14,15)(H,18,19)/t4-,5-,6-/m0/s1. The molecule has 0 heterocycles. The van der Waals surface area contributed by atoms with Gasteiger partial charge in [0.25, 0.3) is 0 Å². The van der Waals surface area contributed by atoms with Crippen LogP contribution in [0.2, 0.25) is 0 Å². The maximum atomic E-state index is 11.5. The van der Waals surface area contributed by atoms with Crippen LogP contribution in [0.15, 0.2) is 0 Å². The Morgan fingerprint density at radius 1 is 1.00 bits per heavy atom. The van der Waals surface area contributed by atoms with Crippen molar-refractivity contribution in [3.8, 4) is 0 Å². The summed E-state index contributed by atoms with van der Waals surface area (Å²) in [5, 5.41) is 21.4. The van der Waals surface area contributed by atoms with Gasteiger partial charge in [-0.2, -0.15) is 0 Å². The molecule has 108 valence electrons. The summed E-state index contributed by atoms with van der Waals surface area (Å²) in [5.41, 5.74) is 5.30. The van der Waals surface area contributed by atoms with Crippen LogP contribution < -0.4 is 16.4 Å². The fourth-order valence-electron chi connectivity index (χ4n) is 1.07. The van der Waals surface area contributed by atoms with Crippen LogP contribution in [-0.2, 0) is 19.2 Å². The first-order chi connectivity index (χ1) is 8.65. The Kier molecular flexibility index (Phi) is 6.48. The molecule has 0 aliphatic carbocycles. The van der Waals surface area contributed by atoms with Crippen molar-refractivity contribution in [2.24, 2.45) is 5.73 Å². The highest BCUT2D eigenvalue weighted by Gasteiger charge is 2.23. The van der Waals surface area contributed by atoms with Crippen LogP contribution in [0.4, 0.5) is 0 Å². The fraction of sp³-hybridized carbons (Fsp3) is 0.600. The third-order valence-corrected chi connectivity index (χ3v) is 2.21. The molecule has 0 rings (SSSR count). The highest BCUT2D eigenvalue weighted by molar-refractivity contribution is 5.92. The summed E-state index contributed by atoms with van der Waals surface area (Å²) in [6.07, 6.45) is -0.564. The van der Waals surface area contributed by atoms with E-state index < -0.39 is 48.3 Å². The Hall–Kier alpha value is -2.16. The minimum atomic E-state index is -1.27. The van der Waals surface area contributed by atoms with Gasteiger partial charge in [-0.15, -0.1) is 0 Å². The molecule has 0 radical (unpaired) electrons. The lowest BCUT2D eigenvalue weighted by Crippen LogP contribution is -2.53. The van der Waals surface area contributed by atoms with E-state index in [1.807, 2.05) is 0 Å². The average Bonchev–Trinajstić information content (AvgIpc) is 2.27. The van der Waals surface area contributed by atoms with Gasteiger partial charge in [0.2, 0.25) is 11.8 Å². The summed E-state index contributed by atoms with van der Waals surface area (Å²) in [6.45, 7) is 2.60. The zero-order valence-electron chi connectivity index (χ0n) is 10.5. The van der Waals surface area contributed by atoms with Gasteiger partial charge in [0.05, 0.1) is 12.5 Å². The number of nitrogens with one attached hydrogen (secondary N) is 2. The molecule has 9 nitrogen and oxygen atoms in total. The SMILES string of the molecule is C[C@H](NC(=O)[C@H](C)NC(=O)[C@@H](N)CC(=O)O)C(=O)O. The zero-order valence-corrected chi connectivity index (χ0v) is 10.5. The first-order valence-electron chi connectivity index (χ1n) is 5.46. The van der Waals surface area contributed by atoms with Gasteiger partial charge in [-0.25, -0.2) is 0 Å². The van der Waals surface area contributed by atoms with Crippen molar-refractivity contribution >= 4 is 23.8 Å². The molecule has 0 aliphatic heterocycles. The number of rotatable bonds is 7. The van der Waals surface area contributed by atoms with Crippen LogP contribution in [0.25, 0.3) is 0 Å². The van der Waals surface area contributed by atoms with Gasteiger partial charge in [0, 0.05) is 0 Å². The molecular formula is C10H17N3O6. The van der Waals surface area contributed by atoms with Crippen molar-refractivity contribution in [1.82, 2.24) is 10.6 Å². The number of carbonyl (C=O) groups excluding carboxylic acids is 2. The fourth-order valence-corrected chi connectivity index (χ4v) is 1.07.